The lowest BCUT2D eigenvalue weighted by Crippen LogP contribution is -2.10. The maximum Gasteiger partial charge on any atom is 0.232 e. The first-order valence-electron chi connectivity index (χ1n) is 9.80. The van der Waals surface area contributed by atoms with Crippen LogP contribution < -0.4 is 4.74 Å². The van der Waals surface area contributed by atoms with Gasteiger partial charge in [0.15, 0.2) is 0 Å². The van der Waals surface area contributed by atoms with E-state index in [1.807, 2.05) is 0 Å². The molecule has 0 fully saturated rings. The first-order chi connectivity index (χ1) is 14.1. The van der Waals surface area contributed by atoms with Crippen LogP contribution in [0, 0.1) is 25.2 Å². The maximum atomic E-state index is 9.91. The van der Waals surface area contributed by atoms with Gasteiger partial charge in [-0.15, -0.1) is 0 Å². The van der Waals surface area contributed by atoms with E-state index in [2.05, 4.69) is 67.4 Å². The minimum absolute atomic E-state index is 0.379. The third-order valence-corrected chi connectivity index (χ3v) is 5.83. The fraction of sp³-hybridized carbons (Fsp3) is 0.200. The highest BCUT2D eigenvalue weighted by atomic mass is 16.5. The maximum absolute atomic E-state index is 9.91. The minimum Gasteiger partial charge on any atom is -0.480 e. The van der Waals surface area contributed by atoms with E-state index in [9.17, 15) is 5.26 Å². The molecule has 2 aromatic carbocycles. The second kappa shape index (κ2) is 6.49. The molecule has 1 aliphatic rings. The molecule has 4 heteroatoms. The Bertz CT molecular complexity index is 1310. The summed E-state index contributed by atoms with van der Waals surface area (Å²) < 4.78 is 5.55. The molecule has 4 aromatic rings. The van der Waals surface area contributed by atoms with E-state index in [1.165, 1.54) is 22.1 Å². The van der Waals surface area contributed by atoms with E-state index < -0.39 is 0 Å². The molecule has 2 heterocycles. The molecule has 0 amide bonds. The smallest absolute Gasteiger partial charge is 0.232 e. The van der Waals surface area contributed by atoms with Gasteiger partial charge in [0.2, 0.25) is 5.88 Å². The molecule has 0 radical (unpaired) electrons. The highest BCUT2D eigenvalue weighted by Crippen LogP contribution is 2.44. The van der Waals surface area contributed by atoms with Crippen molar-refractivity contribution in [1.29, 1.82) is 5.26 Å². The van der Waals surface area contributed by atoms with Crippen molar-refractivity contribution in [2.75, 3.05) is 7.11 Å². The lowest BCUT2D eigenvalue weighted by Gasteiger charge is -2.22. The van der Waals surface area contributed by atoms with E-state index in [-0.39, 0.29) is 0 Å². The summed E-state index contributed by atoms with van der Waals surface area (Å²) in [7, 11) is 1.58. The third-order valence-electron chi connectivity index (χ3n) is 5.83. The zero-order valence-corrected chi connectivity index (χ0v) is 16.8. The van der Waals surface area contributed by atoms with Crippen LogP contribution >= 0.6 is 0 Å². The first kappa shape index (κ1) is 17.5. The first-order valence-corrected chi connectivity index (χ1v) is 9.80. The normalized spacial score (nSPS) is 12.3. The predicted molar refractivity (Wildman–Crippen MR) is 115 cm³/mol. The molecule has 0 saturated heterocycles. The van der Waals surface area contributed by atoms with Crippen LogP contribution in [-0.2, 0) is 12.8 Å². The lowest BCUT2D eigenvalue weighted by atomic mass is 9.85. The molecule has 2 aromatic heterocycles. The summed E-state index contributed by atoms with van der Waals surface area (Å²) in [6, 6.07) is 17.1. The number of nitriles is 1. The van der Waals surface area contributed by atoms with Gasteiger partial charge in [-0.05, 0) is 55.5 Å². The predicted octanol–water partition coefficient (Wildman–Crippen LogP) is 5.49. The van der Waals surface area contributed by atoms with Gasteiger partial charge in [-0.2, -0.15) is 5.26 Å². The molecule has 29 heavy (non-hydrogen) atoms. The number of aromatic amines is 1. The number of H-pyrrole nitrogens is 1. The van der Waals surface area contributed by atoms with E-state index in [1.54, 1.807) is 7.11 Å². The summed E-state index contributed by atoms with van der Waals surface area (Å²) >= 11 is 0. The highest BCUT2D eigenvalue weighted by molar-refractivity contribution is 5.94. The number of nitrogens with zero attached hydrogens (tertiary/aromatic N) is 2. The summed E-state index contributed by atoms with van der Waals surface area (Å²) in [4.78, 5) is 8.36. The summed E-state index contributed by atoms with van der Waals surface area (Å²) in [6.45, 7) is 4.18. The summed E-state index contributed by atoms with van der Waals surface area (Å²) in [6.07, 6.45) is 1.77. The number of nitrogens with one attached hydrogen (secondary N) is 1. The number of hydrogen-bond donors (Lipinski definition) is 1. The molecule has 142 valence electrons. The molecule has 1 aliphatic carbocycles. The zero-order chi connectivity index (χ0) is 20.1. The topological polar surface area (TPSA) is 61.7 Å². The van der Waals surface area contributed by atoms with Gasteiger partial charge in [0.1, 0.15) is 11.6 Å². The standard InChI is InChI=1S/C25H21N3O/c1-14-4-7-16(8-5-14)22-18-10-9-17-19-12-15(2)6-11-21(19)27-23(17)24(18)28-25(29-3)20(22)13-26/h4-8,11-12,27H,9-10H2,1-3H3. The summed E-state index contributed by atoms with van der Waals surface area (Å²) in [5.41, 5.74) is 10.4. The average Bonchev–Trinajstić information content (AvgIpc) is 3.11. The van der Waals surface area contributed by atoms with Gasteiger partial charge in [-0.1, -0.05) is 41.5 Å². The van der Waals surface area contributed by atoms with Crippen molar-refractivity contribution in [2.24, 2.45) is 0 Å². The number of aromatic nitrogens is 2. The Morgan fingerprint density at radius 3 is 2.45 bits per heavy atom. The Kier molecular flexibility index (Phi) is 3.92. The average molecular weight is 379 g/mol. The van der Waals surface area contributed by atoms with Crippen molar-refractivity contribution in [2.45, 2.75) is 26.7 Å². The molecule has 5 rings (SSSR count). The van der Waals surface area contributed by atoms with E-state index in [0.717, 1.165) is 46.4 Å². The molecule has 0 bridgehead atoms. The number of aryl methyl sites for hydroxylation is 3. The Morgan fingerprint density at radius 2 is 1.72 bits per heavy atom. The van der Waals surface area contributed by atoms with Crippen molar-refractivity contribution in [3.8, 4) is 34.5 Å². The number of rotatable bonds is 2. The number of pyridine rings is 1. The number of hydrogen-bond acceptors (Lipinski definition) is 3. The SMILES string of the molecule is COc1nc2c(c(-c3ccc(C)cc3)c1C#N)CCc1c-2[nH]c2ccc(C)cc12. The molecule has 1 N–H and O–H groups in total. The fourth-order valence-corrected chi connectivity index (χ4v) is 4.41. The molecule has 0 spiro atoms. The molecule has 0 saturated carbocycles. The van der Waals surface area contributed by atoms with Crippen LogP contribution in [0.5, 0.6) is 5.88 Å². The third kappa shape index (κ3) is 2.62. The number of fused-ring (bicyclic) bond motifs is 5. The highest BCUT2D eigenvalue weighted by Gasteiger charge is 2.28. The van der Waals surface area contributed by atoms with Gasteiger partial charge in [-0.3, -0.25) is 0 Å². The van der Waals surface area contributed by atoms with Crippen LogP contribution in [0.25, 0.3) is 33.4 Å². The van der Waals surface area contributed by atoms with Crippen LogP contribution in [0.1, 0.15) is 27.8 Å². The largest absolute Gasteiger partial charge is 0.480 e. The Hall–Kier alpha value is -3.58. The van der Waals surface area contributed by atoms with Crippen molar-refractivity contribution in [3.63, 3.8) is 0 Å². The second-order valence-corrected chi connectivity index (χ2v) is 7.70. The summed E-state index contributed by atoms with van der Waals surface area (Å²) in [5.74, 6) is 0.379. The Labute approximate surface area is 169 Å². The van der Waals surface area contributed by atoms with Crippen LogP contribution in [0.2, 0.25) is 0 Å². The van der Waals surface area contributed by atoms with Gasteiger partial charge in [0.05, 0.1) is 18.5 Å². The Morgan fingerprint density at radius 1 is 1.00 bits per heavy atom. The van der Waals surface area contributed by atoms with Crippen molar-refractivity contribution >= 4 is 10.9 Å². The van der Waals surface area contributed by atoms with Crippen LogP contribution in [-0.4, -0.2) is 17.1 Å². The fourth-order valence-electron chi connectivity index (χ4n) is 4.41. The van der Waals surface area contributed by atoms with Crippen molar-refractivity contribution < 1.29 is 4.74 Å². The van der Waals surface area contributed by atoms with Gasteiger partial charge in [0, 0.05) is 16.5 Å². The number of methoxy groups -OCH3 is 1. The molecule has 0 atom stereocenters. The van der Waals surface area contributed by atoms with Crippen LogP contribution in [0.3, 0.4) is 0 Å². The van der Waals surface area contributed by atoms with Gasteiger partial charge < -0.3 is 9.72 Å². The van der Waals surface area contributed by atoms with Crippen LogP contribution in [0.4, 0.5) is 0 Å². The van der Waals surface area contributed by atoms with Crippen molar-refractivity contribution in [3.05, 3.63) is 70.3 Å². The van der Waals surface area contributed by atoms with E-state index >= 15 is 0 Å². The summed E-state index contributed by atoms with van der Waals surface area (Å²) in [5, 5.41) is 11.2. The number of benzene rings is 2. The van der Waals surface area contributed by atoms with Gasteiger partial charge in [0.25, 0.3) is 0 Å². The van der Waals surface area contributed by atoms with Crippen molar-refractivity contribution in [1.82, 2.24) is 9.97 Å². The molecule has 0 aliphatic heterocycles. The van der Waals surface area contributed by atoms with Crippen LogP contribution in [0.15, 0.2) is 42.5 Å². The Balaban J connectivity index is 1.85. The second-order valence-electron chi connectivity index (χ2n) is 7.70. The quantitative estimate of drug-likeness (QED) is 0.501. The van der Waals surface area contributed by atoms with Gasteiger partial charge in [-0.25, -0.2) is 4.98 Å². The van der Waals surface area contributed by atoms with E-state index in [4.69, 9.17) is 9.72 Å². The molecular formula is C25H21N3O. The molecule has 0 unspecified atom stereocenters. The monoisotopic (exact) mass is 379 g/mol. The molecule has 4 nitrogen and oxygen atoms in total. The van der Waals surface area contributed by atoms with Gasteiger partial charge >= 0.3 is 0 Å². The minimum atomic E-state index is 0.379. The zero-order valence-electron chi connectivity index (χ0n) is 16.8. The number of ether oxygens (including phenoxy) is 1. The molecular weight excluding hydrogens is 358 g/mol. The van der Waals surface area contributed by atoms with E-state index in [0.29, 0.717) is 11.4 Å². The lowest BCUT2D eigenvalue weighted by molar-refractivity contribution is 0.397.